The Bertz CT molecular complexity index is 516. The monoisotopic (exact) mass is 521 g/mol. The summed E-state index contributed by atoms with van der Waals surface area (Å²) in [7, 11) is 9.84. The van der Waals surface area contributed by atoms with Gasteiger partial charge in [-0.25, -0.2) is 0 Å². The van der Waals surface area contributed by atoms with Gasteiger partial charge in [0, 0.05) is 0 Å². The van der Waals surface area contributed by atoms with Crippen LogP contribution in [0.3, 0.4) is 0 Å². The van der Waals surface area contributed by atoms with Crippen LogP contribution in [-0.2, 0) is 25.7 Å². The van der Waals surface area contributed by atoms with Crippen LogP contribution in [0, 0.1) is 0 Å². The second-order valence-corrected chi connectivity index (χ2v) is 16.6. The summed E-state index contributed by atoms with van der Waals surface area (Å²) in [6, 6.07) is 21.6. The molecule has 0 heterocycles. The number of benzene rings is 2. The molecule has 23 heavy (non-hydrogen) atoms. The first-order chi connectivity index (χ1) is 11.3. The van der Waals surface area contributed by atoms with Crippen molar-refractivity contribution in [3.63, 3.8) is 0 Å². The predicted molar refractivity (Wildman–Crippen MR) is 97.3 cm³/mol. The summed E-state index contributed by atoms with van der Waals surface area (Å²) >= 11 is -2.08. The molecule has 0 saturated heterocycles. The van der Waals surface area contributed by atoms with E-state index in [0.29, 0.717) is 6.61 Å². The van der Waals surface area contributed by atoms with Crippen molar-refractivity contribution < 1.29 is 25.7 Å². The maximum absolute atomic E-state index is 6.74. The molecule has 0 radical (unpaired) electrons. The summed E-state index contributed by atoms with van der Waals surface area (Å²) in [5.41, 5.74) is 0. The molecule has 0 aliphatic rings. The van der Waals surface area contributed by atoms with Crippen molar-refractivity contribution in [3.8, 4) is 0 Å². The van der Waals surface area contributed by atoms with Gasteiger partial charge < -0.3 is 0 Å². The Kier molecular flexibility index (Phi) is 8.80. The zero-order valence-corrected chi connectivity index (χ0v) is 18.1. The summed E-state index contributed by atoms with van der Waals surface area (Å²) < 4.78 is 10.9. The number of halogens is 1. The van der Waals surface area contributed by atoms with E-state index in [1.165, 1.54) is 10.6 Å². The van der Waals surface area contributed by atoms with Gasteiger partial charge >= 0.3 is 151 Å². The van der Waals surface area contributed by atoms with E-state index in [1.807, 2.05) is 0 Å². The maximum atomic E-state index is 6.74. The van der Waals surface area contributed by atoms with E-state index in [0.717, 1.165) is 11.0 Å². The van der Waals surface area contributed by atoms with E-state index >= 15 is 0 Å². The Morgan fingerprint density at radius 3 is 1.91 bits per heavy atom. The van der Waals surface area contributed by atoms with E-state index in [4.69, 9.17) is 18.9 Å². The summed E-state index contributed by atoms with van der Waals surface area (Å²) in [6.07, 6.45) is 1.13. The third-order valence-corrected chi connectivity index (χ3v) is 15.5. The van der Waals surface area contributed by atoms with Crippen LogP contribution in [0.4, 0.5) is 0 Å². The topological polar surface area (TPSA) is 18.5 Å². The predicted octanol–water partition coefficient (Wildman–Crippen LogP) is 3.93. The number of hydrogen-bond acceptors (Lipinski definition) is 2. The fraction of sp³-hybridized carbons (Fsp3) is 0.333. The standard InChI is InChI=1S/C14H14P.C4H9O2.ClH.W/c1-2-15(13-9-5-3-6-10-13)14-11-7-4-8-12-14;1-5-3-4-6-2;;/h3-12H,1-2H2;3H,4H2,1-2H3;1H;/q;;;+1/p-1. The van der Waals surface area contributed by atoms with E-state index in [1.54, 1.807) is 14.2 Å². The van der Waals surface area contributed by atoms with Gasteiger partial charge in [0.15, 0.2) is 0 Å². The van der Waals surface area contributed by atoms with Crippen LogP contribution in [0.25, 0.3) is 0 Å². The van der Waals surface area contributed by atoms with Gasteiger partial charge in [-0.15, -0.1) is 0 Å². The summed E-state index contributed by atoms with van der Waals surface area (Å²) in [4.78, 5) is 1.10. The number of methoxy groups -OCH3 is 2. The Morgan fingerprint density at radius 2 is 1.48 bits per heavy atom. The van der Waals surface area contributed by atoms with Crippen molar-refractivity contribution in [2.45, 2.75) is 9.30 Å². The van der Waals surface area contributed by atoms with Crippen molar-refractivity contribution >= 4 is 27.9 Å². The minimum absolute atomic E-state index is 0.130. The SMILES string of the molecule is COC[CH](OC)[W]([Cl])[CH2]CP(c1ccccc1)c1ccccc1. The first kappa shape index (κ1) is 19.1. The zero-order chi connectivity index (χ0) is 16.5. The number of hydrogen-bond donors (Lipinski definition) is 0. The molecule has 1 unspecified atom stereocenters. The second-order valence-electron chi connectivity index (χ2n) is 5.01. The van der Waals surface area contributed by atoms with E-state index in [-0.39, 0.29) is 12.4 Å². The Morgan fingerprint density at radius 1 is 0.957 bits per heavy atom. The van der Waals surface area contributed by atoms with Gasteiger partial charge in [0.25, 0.3) is 0 Å². The van der Waals surface area contributed by atoms with Crippen LogP contribution in [0.5, 0.6) is 0 Å². The van der Waals surface area contributed by atoms with Crippen molar-refractivity contribution in [3.05, 3.63) is 60.7 Å². The first-order valence-corrected chi connectivity index (χ1v) is 16.4. The zero-order valence-electron chi connectivity index (χ0n) is 13.5. The Hall–Kier alpha value is -0.232. The minimum atomic E-state index is -2.08. The van der Waals surface area contributed by atoms with Crippen LogP contribution in [0.1, 0.15) is 0 Å². The van der Waals surface area contributed by atoms with Crippen molar-refractivity contribution in [1.82, 2.24) is 0 Å². The molecule has 2 aromatic carbocycles. The van der Waals surface area contributed by atoms with Gasteiger partial charge in [-0.1, -0.05) is 0 Å². The molecule has 1 atom stereocenters. The van der Waals surface area contributed by atoms with Crippen LogP contribution < -0.4 is 10.6 Å². The summed E-state index contributed by atoms with van der Waals surface area (Å²) in [5.74, 6) is 0. The van der Waals surface area contributed by atoms with Crippen molar-refractivity contribution in [1.29, 1.82) is 0 Å². The van der Waals surface area contributed by atoms with Crippen molar-refractivity contribution in [2.24, 2.45) is 0 Å². The van der Waals surface area contributed by atoms with Crippen molar-refractivity contribution in [2.75, 3.05) is 27.0 Å². The fourth-order valence-electron chi connectivity index (χ4n) is 2.32. The molecule has 2 aromatic rings. The number of ether oxygens (including phenoxy) is 2. The fourth-order valence-corrected chi connectivity index (χ4v) is 13.8. The molecule has 0 amide bonds. The molecule has 0 saturated carbocycles. The Labute approximate surface area is 150 Å². The molecule has 0 aliphatic heterocycles. The van der Waals surface area contributed by atoms with Gasteiger partial charge in [0.2, 0.25) is 0 Å². The molecule has 5 heteroatoms. The Balaban J connectivity index is 2.10. The molecule has 0 N–H and O–H groups in total. The molecule has 125 valence electrons. The van der Waals surface area contributed by atoms with Gasteiger partial charge in [-0.3, -0.25) is 0 Å². The quantitative estimate of drug-likeness (QED) is 0.466. The molecule has 0 aliphatic carbocycles. The average molecular weight is 522 g/mol. The van der Waals surface area contributed by atoms with E-state index in [9.17, 15) is 0 Å². The van der Waals surface area contributed by atoms with Gasteiger partial charge in [0.05, 0.1) is 0 Å². The molecule has 0 bridgehead atoms. The first-order valence-electron chi connectivity index (χ1n) is 7.51. The molecular weight excluding hydrogens is 498 g/mol. The second kappa shape index (κ2) is 10.6. The van der Waals surface area contributed by atoms with Crippen LogP contribution >= 0.6 is 17.3 Å². The van der Waals surface area contributed by atoms with E-state index < -0.39 is 16.3 Å². The molecular formula is C18H23ClO2PW. The molecule has 0 aromatic heterocycles. The molecule has 0 spiro atoms. The molecule has 0 fully saturated rings. The normalized spacial score (nSPS) is 12.7. The van der Waals surface area contributed by atoms with Gasteiger partial charge in [0.1, 0.15) is 0 Å². The van der Waals surface area contributed by atoms with Gasteiger partial charge in [-0.2, -0.15) is 0 Å². The average Bonchev–Trinajstić information content (AvgIpc) is 2.61. The third-order valence-electron chi connectivity index (χ3n) is 3.50. The third kappa shape index (κ3) is 5.96. The molecule has 2 rings (SSSR count). The molecule has 2 nitrogen and oxygen atoms in total. The van der Waals surface area contributed by atoms with Crippen LogP contribution in [0.15, 0.2) is 60.7 Å². The summed E-state index contributed by atoms with van der Waals surface area (Å²) in [5, 5.41) is 2.84. The summed E-state index contributed by atoms with van der Waals surface area (Å²) in [6.45, 7) is 0.613. The van der Waals surface area contributed by atoms with Crippen LogP contribution in [0.2, 0.25) is 4.81 Å². The van der Waals surface area contributed by atoms with Gasteiger partial charge in [-0.05, 0) is 0 Å². The van der Waals surface area contributed by atoms with E-state index in [2.05, 4.69) is 60.7 Å². The van der Waals surface area contributed by atoms with Crippen LogP contribution in [-0.4, -0.2) is 31.5 Å². The number of rotatable bonds is 9.